The zero-order valence-corrected chi connectivity index (χ0v) is 19.5. The van der Waals surface area contributed by atoms with Gasteiger partial charge in [0.05, 0.1) is 18.4 Å². The highest BCUT2D eigenvalue weighted by Gasteiger charge is 2.45. The van der Waals surface area contributed by atoms with Gasteiger partial charge in [0.25, 0.3) is 0 Å². The van der Waals surface area contributed by atoms with Gasteiger partial charge >= 0.3 is 12.5 Å². The zero-order chi connectivity index (χ0) is 25.3. The van der Waals surface area contributed by atoms with Crippen LogP contribution < -0.4 is 11.6 Å². The molecule has 9 nitrogen and oxygen atoms in total. The normalized spacial score (nSPS) is 36.9. The summed E-state index contributed by atoms with van der Waals surface area (Å²) in [4.78, 5) is 29.0. The molecule has 7 atom stereocenters. The van der Waals surface area contributed by atoms with E-state index in [1.54, 1.807) is 4.90 Å². The van der Waals surface area contributed by atoms with Crippen molar-refractivity contribution in [2.45, 2.75) is 63.2 Å². The second kappa shape index (κ2) is 10.5. The van der Waals surface area contributed by atoms with Gasteiger partial charge in [-0.2, -0.15) is 5.10 Å². The number of nitrogens with two attached hydrogens (primary N) is 2. The smallest absolute Gasteiger partial charge is 0.449 e. The van der Waals surface area contributed by atoms with E-state index < -0.39 is 30.6 Å². The van der Waals surface area contributed by atoms with Crippen molar-refractivity contribution in [1.82, 2.24) is 9.80 Å². The van der Waals surface area contributed by atoms with E-state index in [2.05, 4.69) is 9.84 Å². The van der Waals surface area contributed by atoms with Crippen LogP contribution in [-0.4, -0.2) is 85.0 Å². The molecule has 0 aromatic rings. The molecule has 4 fully saturated rings. The molecule has 2 amide bonds. The summed E-state index contributed by atoms with van der Waals surface area (Å²) >= 11 is 0. The average Bonchev–Trinajstić information content (AvgIpc) is 3.37. The third-order valence-electron chi connectivity index (χ3n) is 7.86. The highest BCUT2D eigenvalue weighted by molar-refractivity contribution is 5.94. The monoisotopic (exact) mass is 507 g/mol. The zero-order valence-electron chi connectivity index (χ0n) is 19.5. The predicted octanol–water partition coefficient (Wildman–Crippen LogP) is 2.00. The number of fused-ring (bicyclic) bond motifs is 1. The molecule has 0 bridgehead atoms. The third kappa shape index (κ3) is 6.16. The molecule has 0 radical (unpaired) electrons. The molecule has 7 unspecified atom stereocenters. The first-order valence-corrected chi connectivity index (χ1v) is 12.1. The molecular weight excluding hydrogens is 474 g/mol. The fourth-order valence-corrected chi connectivity index (χ4v) is 5.89. The lowest BCUT2D eigenvalue weighted by Crippen LogP contribution is -2.44. The van der Waals surface area contributed by atoms with E-state index in [0.717, 1.165) is 0 Å². The van der Waals surface area contributed by atoms with E-state index in [-0.39, 0.29) is 55.6 Å². The Balaban J connectivity index is 1.19. The Kier molecular flexibility index (Phi) is 7.74. The summed E-state index contributed by atoms with van der Waals surface area (Å²) in [7, 11) is 0. The molecule has 2 aliphatic carbocycles. The van der Waals surface area contributed by atoms with Gasteiger partial charge in [-0.15, -0.1) is 13.2 Å². The molecule has 13 heteroatoms. The van der Waals surface area contributed by atoms with Crippen molar-refractivity contribution in [3.05, 3.63) is 0 Å². The second-order valence-electron chi connectivity index (χ2n) is 10.2. The standard InChI is InChI=1S/C22H33F4N5O4/c23-17-6-16(35-22(24,25)26)3-1-13(17)11-34-21(33)31-9-14-7-30(8-15(14)10-31)20(32)12-2-4-18(27)19(5-12)29-28/h12-18H,1-11,27-28H2/b29-19+. The first-order valence-electron chi connectivity index (χ1n) is 12.1. The van der Waals surface area contributed by atoms with Crippen molar-refractivity contribution in [3.8, 4) is 0 Å². The Morgan fingerprint density at radius 3 is 2.29 bits per heavy atom. The van der Waals surface area contributed by atoms with Crippen LogP contribution in [0.25, 0.3) is 0 Å². The Morgan fingerprint density at radius 2 is 1.69 bits per heavy atom. The highest BCUT2D eigenvalue weighted by Crippen LogP contribution is 2.35. The Bertz CT molecular complexity index is 814. The minimum Gasteiger partial charge on any atom is -0.449 e. The minimum atomic E-state index is -4.79. The van der Waals surface area contributed by atoms with Crippen LogP contribution in [0.4, 0.5) is 22.4 Å². The molecule has 0 aromatic carbocycles. The SMILES string of the molecule is N/N=C1\CC(C(=O)N2CC3CN(C(=O)OCC4CCC(OC(F)(F)F)CC4F)CC3C2)CCC1N. The van der Waals surface area contributed by atoms with Gasteiger partial charge in [0.15, 0.2) is 0 Å². The Hall–Kier alpha value is -2.15. The molecule has 4 aliphatic rings. The quantitative estimate of drug-likeness (QED) is 0.341. The number of rotatable bonds is 4. The summed E-state index contributed by atoms with van der Waals surface area (Å²) in [6.07, 6.45) is -6.39. The number of carbonyl (C=O) groups is 2. The number of hydrogen-bond acceptors (Lipinski definition) is 7. The van der Waals surface area contributed by atoms with Gasteiger partial charge in [-0.3, -0.25) is 9.53 Å². The number of carbonyl (C=O) groups excluding carboxylic acids is 2. The Labute approximate surface area is 201 Å². The summed E-state index contributed by atoms with van der Waals surface area (Å²) in [5, 5.41) is 3.74. The van der Waals surface area contributed by atoms with Crippen molar-refractivity contribution >= 4 is 17.7 Å². The number of likely N-dealkylation sites (tertiary alicyclic amines) is 2. The summed E-state index contributed by atoms with van der Waals surface area (Å²) in [6, 6.07) is -0.197. The van der Waals surface area contributed by atoms with Crippen LogP contribution in [0.2, 0.25) is 0 Å². The molecule has 35 heavy (non-hydrogen) atoms. The van der Waals surface area contributed by atoms with Crippen LogP contribution in [0.1, 0.15) is 38.5 Å². The van der Waals surface area contributed by atoms with Gasteiger partial charge in [-0.05, 0) is 25.7 Å². The van der Waals surface area contributed by atoms with Gasteiger partial charge < -0.3 is 26.1 Å². The van der Waals surface area contributed by atoms with E-state index in [1.807, 2.05) is 4.90 Å². The van der Waals surface area contributed by atoms with Crippen molar-refractivity contribution in [2.24, 2.45) is 40.3 Å². The van der Waals surface area contributed by atoms with Crippen LogP contribution in [0.15, 0.2) is 5.10 Å². The van der Waals surface area contributed by atoms with Crippen LogP contribution in [0.5, 0.6) is 0 Å². The molecule has 2 aliphatic heterocycles. The third-order valence-corrected chi connectivity index (χ3v) is 7.86. The number of halogens is 4. The molecule has 4 N–H and O–H groups in total. The van der Waals surface area contributed by atoms with Gasteiger partial charge in [0.1, 0.15) is 6.17 Å². The fourth-order valence-electron chi connectivity index (χ4n) is 5.89. The maximum atomic E-state index is 14.3. The lowest BCUT2D eigenvalue weighted by Gasteiger charge is -2.32. The maximum Gasteiger partial charge on any atom is 0.522 e. The molecule has 2 heterocycles. The van der Waals surface area contributed by atoms with Crippen LogP contribution in [0.3, 0.4) is 0 Å². The largest absolute Gasteiger partial charge is 0.522 e. The maximum absolute atomic E-state index is 14.3. The first-order chi connectivity index (χ1) is 16.5. The van der Waals surface area contributed by atoms with E-state index in [0.29, 0.717) is 51.2 Å². The first kappa shape index (κ1) is 25.9. The number of hydrogen-bond donors (Lipinski definition) is 2. The number of nitrogens with zero attached hydrogens (tertiary/aromatic N) is 3. The lowest BCUT2D eigenvalue weighted by molar-refractivity contribution is -0.347. The molecule has 0 spiro atoms. The van der Waals surface area contributed by atoms with E-state index in [1.165, 1.54) is 0 Å². The summed E-state index contributed by atoms with van der Waals surface area (Å²) in [5.74, 6) is 4.93. The molecule has 2 saturated carbocycles. The van der Waals surface area contributed by atoms with Gasteiger partial charge in [-0.1, -0.05) is 0 Å². The molecular formula is C22H33F4N5O4. The van der Waals surface area contributed by atoms with Gasteiger partial charge in [0, 0.05) is 68.7 Å². The van der Waals surface area contributed by atoms with Crippen LogP contribution >= 0.6 is 0 Å². The van der Waals surface area contributed by atoms with Crippen molar-refractivity contribution in [1.29, 1.82) is 0 Å². The highest BCUT2D eigenvalue weighted by atomic mass is 19.4. The molecule has 4 rings (SSSR count). The number of ether oxygens (including phenoxy) is 2. The van der Waals surface area contributed by atoms with Crippen molar-refractivity contribution < 1.29 is 36.6 Å². The van der Waals surface area contributed by atoms with Gasteiger partial charge in [0.2, 0.25) is 5.91 Å². The number of hydrazone groups is 1. The average molecular weight is 508 g/mol. The van der Waals surface area contributed by atoms with E-state index in [4.69, 9.17) is 16.3 Å². The van der Waals surface area contributed by atoms with E-state index >= 15 is 0 Å². The fraction of sp³-hybridized carbons (Fsp3) is 0.864. The van der Waals surface area contributed by atoms with Crippen LogP contribution in [0, 0.1) is 23.7 Å². The lowest BCUT2D eigenvalue weighted by atomic mass is 9.84. The van der Waals surface area contributed by atoms with E-state index in [9.17, 15) is 27.2 Å². The number of alkyl halides is 4. The Morgan fingerprint density at radius 1 is 1.03 bits per heavy atom. The molecule has 2 saturated heterocycles. The van der Waals surface area contributed by atoms with Gasteiger partial charge in [-0.25, -0.2) is 9.18 Å². The minimum absolute atomic E-state index is 0.0609. The molecule has 0 aromatic heterocycles. The summed E-state index contributed by atoms with van der Waals surface area (Å²) in [5.41, 5.74) is 6.65. The van der Waals surface area contributed by atoms with Crippen molar-refractivity contribution in [3.63, 3.8) is 0 Å². The van der Waals surface area contributed by atoms with Crippen molar-refractivity contribution in [2.75, 3.05) is 32.8 Å². The molecule has 198 valence electrons. The predicted molar refractivity (Wildman–Crippen MR) is 117 cm³/mol. The number of amides is 2. The summed E-state index contributed by atoms with van der Waals surface area (Å²) in [6.45, 7) is 1.83. The second-order valence-corrected chi connectivity index (χ2v) is 10.2. The van der Waals surface area contributed by atoms with Crippen LogP contribution in [-0.2, 0) is 14.3 Å². The summed E-state index contributed by atoms with van der Waals surface area (Å²) < 4.78 is 60.6. The topological polar surface area (TPSA) is 123 Å².